The molecule has 4 aliphatic carbocycles. The van der Waals surface area contributed by atoms with E-state index in [0.29, 0.717) is 28.2 Å². The summed E-state index contributed by atoms with van der Waals surface area (Å²) in [5, 5.41) is 3.37. The minimum Gasteiger partial charge on any atom is -0.324 e. The maximum Gasteiger partial charge on any atom is 0.248 e. The Morgan fingerprint density at radius 2 is 1.65 bits per heavy atom. The minimum absolute atomic E-state index is 0.308. The zero-order valence-corrected chi connectivity index (χ0v) is 21.4. The van der Waals surface area contributed by atoms with E-state index in [1.54, 1.807) is 24.3 Å². The molecule has 0 aromatic heterocycles. The van der Waals surface area contributed by atoms with Gasteiger partial charge in [0.15, 0.2) is 0 Å². The Kier molecular flexibility index (Phi) is 6.18. The second-order valence-corrected chi connectivity index (χ2v) is 13.0. The summed E-state index contributed by atoms with van der Waals surface area (Å²) in [6, 6.07) is 14.0. The molecule has 2 aromatic rings. The van der Waals surface area contributed by atoms with Crippen molar-refractivity contribution >= 4 is 38.9 Å². The molecular formula is C27H33ClN2O3S. The lowest BCUT2D eigenvalue weighted by molar-refractivity contribution is -0.117. The molecule has 7 heteroatoms. The van der Waals surface area contributed by atoms with Crippen molar-refractivity contribution in [1.29, 1.82) is 0 Å². The van der Waals surface area contributed by atoms with Crippen molar-refractivity contribution in [3.05, 3.63) is 59.1 Å². The van der Waals surface area contributed by atoms with Crippen molar-refractivity contribution in [3.8, 4) is 0 Å². The molecule has 4 aliphatic rings. The molecule has 1 amide bonds. The molecule has 0 radical (unpaired) electrons. The van der Waals surface area contributed by atoms with Crippen LogP contribution in [0.3, 0.4) is 0 Å². The van der Waals surface area contributed by atoms with Crippen LogP contribution in [0.2, 0.25) is 5.02 Å². The number of sulfonamides is 1. The molecule has 0 spiro atoms. The number of benzene rings is 2. The highest BCUT2D eigenvalue weighted by Crippen LogP contribution is 2.60. The largest absolute Gasteiger partial charge is 0.324 e. The number of hydrogen-bond donors (Lipinski definition) is 1. The highest BCUT2D eigenvalue weighted by atomic mass is 35.5. The fourth-order valence-electron chi connectivity index (χ4n) is 7.27. The Bertz CT molecular complexity index is 1140. The molecule has 182 valence electrons. The standard InChI is InChI=1S/C27H33ClN2O3S/c1-3-25(30(34(2,32)33)24-6-4-5-22(28)14-24)26(31)29-23-9-7-21(8-10-23)27-15-18-11-19(16-27)13-20(12-18)17-27/h4-10,14,18-20,25H,3,11-13,15-17H2,1-2H3,(H,29,31)/t18?,19?,20?,25-,27?/m1/s1. The van der Waals surface area contributed by atoms with Crippen LogP contribution in [-0.2, 0) is 20.2 Å². The molecule has 0 saturated heterocycles. The number of carbonyl (C=O) groups is 1. The summed E-state index contributed by atoms with van der Waals surface area (Å²) < 4.78 is 26.5. The summed E-state index contributed by atoms with van der Waals surface area (Å²) in [5.74, 6) is 2.29. The predicted octanol–water partition coefficient (Wildman–Crippen LogP) is 5.99. The average Bonchev–Trinajstić information content (AvgIpc) is 2.76. The first-order valence-corrected chi connectivity index (χ1v) is 14.6. The molecule has 1 atom stereocenters. The smallest absolute Gasteiger partial charge is 0.248 e. The van der Waals surface area contributed by atoms with Crippen LogP contribution < -0.4 is 9.62 Å². The molecule has 6 rings (SSSR count). The van der Waals surface area contributed by atoms with E-state index in [2.05, 4.69) is 17.4 Å². The van der Waals surface area contributed by atoms with E-state index in [9.17, 15) is 13.2 Å². The number of anilines is 2. The Morgan fingerprint density at radius 1 is 1.06 bits per heavy atom. The van der Waals surface area contributed by atoms with Gasteiger partial charge in [-0.25, -0.2) is 8.42 Å². The van der Waals surface area contributed by atoms with E-state index in [1.165, 1.54) is 44.1 Å². The molecule has 4 saturated carbocycles. The Hall–Kier alpha value is -2.05. The van der Waals surface area contributed by atoms with Gasteiger partial charge < -0.3 is 5.32 Å². The average molecular weight is 501 g/mol. The first kappa shape index (κ1) is 23.7. The first-order valence-electron chi connectivity index (χ1n) is 12.3. The molecular weight excluding hydrogens is 468 g/mol. The highest BCUT2D eigenvalue weighted by molar-refractivity contribution is 7.92. The van der Waals surface area contributed by atoms with Crippen LogP contribution >= 0.6 is 11.6 Å². The third kappa shape index (κ3) is 4.47. The van der Waals surface area contributed by atoms with Gasteiger partial charge in [-0.05, 0) is 104 Å². The molecule has 0 heterocycles. The van der Waals surface area contributed by atoms with Crippen LogP contribution in [0.15, 0.2) is 48.5 Å². The van der Waals surface area contributed by atoms with Gasteiger partial charge in [0.1, 0.15) is 6.04 Å². The Labute approximate surface area is 207 Å². The number of halogens is 1. The minimum atomic E-state index is -3.70. The lowest BCUT2D eigenvalue weighted by Crippen LogP contribution is -2.48. The third-order valence-electron chi connectivity index (χ3n) is 8.20. The molecule has 2 aromatic carbocycles. The zero-order valence-electron chi connectivity index (χ0n) is 19.8. The van der Waals surface area contributed by atoms with Crippen molar-refractivity contribution in [2.45, 2.75) is 63.3 Å². The van der Waals surface area contributed by atoms with Crippen LogP contribution in [0.4, 0.5) is 11.4 Å². The topological polar surface area (TPSA) is 66.5 Å². The van der Waals surface area contributed by atoms with E-state index in [-0.39, 0.29) is 5.91 Å². The second kappa shape index (κ2) is 8.87. The monoisotopic (exact) mass is 500 g/mol. The van der Waals surface area contributed by atoms with E-state index in [1.807, 2.05) is 19.1 Å². The number of carbonyl (C=O) groups excluding carboxylic acids is 1. The van der Waals surface area contributed by atoms with Gasteiger partial charge in [0.2, 0.25) is 15.9 Å². The Morgan fingerprint density at radius 3 is 2.15 bits per heavy atom. The van der Waals surface area contributed by atoms with Gasteiger partial charge in [-0.1, -0.05) is 36.7 Å². The fourth-order valence-corrected chi connectivity index (χ4v) is 8.66. The lowest BCUT2D eigenvalue weighted by Gasteiger charge is -2.57. The summed E-state index contributed by atoms with van der Waals surface area (Å²) in [6.45, 7) is 1.81. The van der Waals surface area contributed by atoms with E-state index < -0.39 is 16.1 Å². The normalized spacial score (nSPS) is 28.5. The maximum absolute atomic E-state index is 13.2. The second-order valence-electron chi connectivity index (χ2n) is 10.7. The first-order chi connectivity index (χ1) is 16.2. The SMILES string of the molecule is CC[C@H](C(=O)Nc1ccc(C23CC4CC(CC(C4)C2)C3)cc1)N(c1cccc(Cl)c1)S(C)(=O)=O. The van der Waals surface area contributed by atoms with Gasteiger partial charge in [0.05, 0.1) is 11.9 Å². The van der Waals surface area contributed by atoms with Crippen LogP contribution in [0.25, 0.3) is 0 Å². The van der Waals surface area contributed by atoms with Gasteiger partial charge in [-0.2, -0.15) is 0 Å². The van der Waals surface area contributed by atoms with E-state index in [0.717, 1.165) is 28.3 Å². The molecule has 5 nitrogen and oxygen atoms in total. The summed E-state index contributed by atoms with van der Waals surface area (Å²) >= 11 is 6.10. The lowest BCUT2D eigenvalue weighted by atomic mass is 9.48. The van der Waals surface area contributed by atoms with Crippen molar-refractivity contribution in [1.82, 2.24) is 0 Å². The summed E-state index contributed by atoms with van der Waals surface area (Å²) in [5.41, 5.74) is 2.78. The third-order valence-corrected chi connectivity index (χ3v) is 9.61. The van der Waals surface area contributed by atoms with Gasteiger partial charge in [0.25, 0.3) is 0 Å². The quantitative estimate of drug-likeness (QED) is 0.507. The van der Waals surface area contributed by atoms with Crippen molar-refractivity contribution in [2.75, 3.05) is 15.9 Å². The van der Waals surface area contributed by atoms with Gasteiger partial charge in [0, 0.05) is 10.7 Å². The summed E-state index contributed by atoms with van der Waals surface area (Å²) in [6.07, 6.45) is 9.57. The molecule has 1 N–H and O–H groups in total. The van der Waals surface area contributed by atoms with Crippen LogP contribution in [0.1, 0.15) is 57.4 Å². The number of rotatable bonds is 7. The van der Waals surface area contributed by atoms with Gasteiger partial charge in [-0.15, -0.1) is 0 Å². The van der Waals surface area contributed by atoms with Crippen molar-refractivity contribution in [3.63, 3.8) is 0 Å². The maximum atomic E-state index is 13.2. The van der Waals surface area contributed by atoms with Crippen LogP contribution in [0, 0.1) is 17.8 Å². The summed E-state index contributed by atoms with van der Waals surface area (Å²) in [7, 11) is -3.70. The van der Waals surface area contributed by atoms with Gasteiger partial charge >= 0.3 is 0 Å². The molecule has 4 bridgehead atoms. The fraction of sp³-hybridized carbons (Fsp3) is 0.519. The summed E-state index contributed by atoms with van der Waals surface area (Å²) in [4.78, 5) is 13.2. The molecule has 0 aliphatic heterocycles. The van der Waals surface area contributed by atoms with Crippen molar-refractivity contribution < 1.29 is 13.2 Å². The predicted molar refractivity (Wildman–Crippen MR) is 138 cm³/mol. The zero-order chi connectivity index (χ0) is 24.1. The molecule has 0 unspecified atom stereocenters. The molecule has 4 fully saturated rings. The number of nitrogens with zero attached hydrogens (tertiary/aromatic N) is 1. The van der Waals surface area contributed by atoms with Crippen LogP contribution in [0.5, 0.6) is 0 Å². The number of amides is 1. The van der Waals surface area contributed by atoms with Crippen molar-refractivity contribution in [2.24, 2.45) is 17.8 Å². The number of nitrogens with one attached hydrogen (secondary N) is 1. The van der Waals surface area contributed by atoms with E-state index in [4.69, 9.17) is 11.6 Å². The number of hydrogen-bond acceptors (Lipinski definition) is 3. The van der Waals surface area contributed by atoms with Crippen LogP contribution in [-0.4, -0.2) is 26.6 Å². The van der Waals surface area contributed by atoms with Gasteiger partial charge in [-0.3, -0.25) is 9.10 Å². The van der Waals surface area contributed by atoms with E-state index >= 15 is 0 Å². The Balaban J connectivity index is 1.35. The highest BCUT2D eigenvalue weighted by Gasteiger charge is 2.51. The molecule has 34 heavy (non-hydrogen) atoms.